The van der Waals surface area contributed by atoms with Gasteiger partial charge in [-0.1, -0.05) is 19.2 Å². The van der Waals surface area contributed by atoms with Gasteiger partial charge in [0.1, 0.15) is 0 Å². The van der Waals surface area contributed by atoms with E-state index in [4.69, 9.17) is 0 Å². The van der Waals surface area contributed by atoms with Gasteiger partial charge in [0.25, 0.3) is 5.91 Å². The zero-order valence-electron chi connectivity index (χ0n) is 6.48. The van der Waals surface area contributed by atoms with Crippen LogP contribution >= 0.6 is 0 Å². The Morgan fingerprint density at radius 1 is 1.60 bits per heavy atom. The van der Waals surface area contributed by atoms with E-state index in [0.717, 1.165) is 0 Å². The van der Waals surface area contributed by atoms with E-state index in [9.17, 15) is 4.79 Å². The maximum atomic E-state index is 10.9. The van der Waals surface area contributed by atoms with Gasteiger partial charge in [0.05, 0.1) is 0 Å². The molecule has 0 aromatic rings. The summed E-state index contributed by atoms with van der Waals surface area (Å²) in [5, 5.41) is 2.68. The highest BCUT2D eigenvalue weighted by Crippen LogP contribution is 1.90. The second-order valence-electron chi connectivity index (χ2n) is 2.36. The van der Waals surface area contributed by atoms with Crippen LogP contribution in [0.1, 0.15) is 13.8 Å². The second kappa shape index (κ2) is 3.88. The molecule has 0 aliphatic heterocycles. The molecule has 0 saturated heterocycles. The monoisotopic (exact) mass is 139 g/mol. The largest absolute Gasteiger partial charge is 0.350 e. The predicted molar refractivity (Wildman–Crippen MR) is 42.6 cm³/mol. The van der Waals surface area contributed by atoms with Gasteiger partial charge in [-0.25, -0.2) is 0 Å². The molecule has 0 saturated carbocycles. The molecule has 0 fully saturated rings. The molecule has 0 rings (SSSR count). The van der Waals surface area contributed by atoms with Gasteiger partial charge in [-0.15, -0.1) is 0 Å². The zero-order chi connectivity index (χ0) is 8.15. The Morgan fingerprint density at radius 3 is 2.40 bits per heavy atom. The lowest BCUT2D eigenvalue weighted by Gasteiger charge is -2.06. The molecule has 0 bridgehead atoms. The molecule has 0 heterocycles. The Hall–Kier alpha value is -1.05. The van der Waals surface area contributed by atoms with E-state index in [1.807, 2.05) is 13.8 Å². The second-order valence-corrected chi connectivity index (χ2v) is 2.36. The lowest BCUT2D eigenvalue weighted by atomic mass is 10.2. The first kappa shape index (κ1) is 8.95. The van der Waals surface area contributed by atoms with Crippen molar-refractivity contribution in [1.82, 2.24) is 5.32 Å². The van der Waals surface area contributed by atoms with Gasteiger partial charge in [0.2, 0.25) is 0 Å². The van der Waals surface area contributed by atoms with Crippen molar-refractivity contribution in [1.29, 1.82) is 0 Å². The van der Waals surface area contributed by atoms with Crippen molar-refractivity contribution < 1.29 is 4.79 Å². The van der Waals surface area contributed by atoms with E-state index >= 15 is 0 Å². The summed E-state index contributed by atoms with van der Waals surface area (Å²) < 4.78 is 0. The van der Waals surface area contributed by atoms with Crippen molar-refractivity contribution in [2.75, 3.05) is 0 Å². The number of hydrogen-bond donors (Lipinski definition) is 1. The number of amides is 1. The third-order valence-corrected chi connectivity index (χ3v) is 0.958. The summed E-state index contributed by atoms with van der Waals surface area (Å²) in [5.74, 6) is -0.148. The van der Waals surface area contributed by atoms with Crippen LogP contribution in [0.3, 0.4) is 0 Å². The van der Waals surface area contributed by atoms with Crippen LogP contribution in [0.15, 0.2) is 24.8 Å². The van der Waals surface area contributed by atoms with Crippen LogP contribution in [0.5, 0.6) is 0 Å². The topological polar surface area (TPSA) is 29.1 Å². The number of nitrogens with one attached hydrogen (secondary N) is 1. The minimum Gasteiger partial charge on any atom is -0.350 e. The van der Waals surface area contributed by atoms with Gasteiger partial charge in [-0.3, -0.25) is 4.79 Å². The Labute approximate surface area is 61.6 Å². The molecule has 0 aromatic carbocycles. The molecule has 0 radical (unpaired) electrons. The summed E-state index contributed by atoms with van der Waals surface area (Å²) >= 11 is 0. The van der Waals surface area contributed by atoms with Gasteiger partial charge in [0.15, 0.2) is 0 Å². The fraction of sp³-hybridized carbons (Fsp3) is 0.375. The Morgan fingerprint density at radius 2 is 2.10 bits per heavy atom. The molecule has 2 nitrogen and oxygen atoms in total. The summed E-state index contributed by atoms with van der Waals surface area (Å²) in [4.78, 5) is 10.9. The first-order valence-corrected chi connectivity index (χ1v) is 3.20. The number of carbonyl (C=O) groups is 1. The molecular formula is C8H13NO. The summed E-state index contributed by atoms with van der Waals surface area (Å²) in [6, 6.07) is 0.157. The van der Waals surface area contributed by atoms with Crippen LogP contribution in [0.4, 0.5) is 0 Å². The highest BCUT2D eigenvalue weighted by atomic mass is 16.1. The fourth-order valence-electron chi connectivity index (χ4n) is 0.448. The van der Waals surface area contributed by atoms with Crippen LogP contribution in [0.25, 0.3) is 0 Å². The minimum atomic E-state index is -0.148. The van der Waals surface area contributed by atoms with E-state index in [2.05, 4.69) is 18.5 Å². The standard InChI is InChI=1S/C8H13NO/c1-5-7(4)8(10)9-6(2)3/h5-6H,1,4H2,2-3H3,(H,9,10). The van der Waals surface area contributed by atoms with Crippen LogP contribution < -0.4 is 5.32 Å². The number of rotatable bonds is 3. The van der Waals surface area contributed by atoms with Gasteiger partial charge >= 0.3 is 0 Å². The molecule has 0 aliphatic rings. The van der Waals surface area contributed by atoms with Crippen LogP contribution in [-0.4, -0.2) is 11.9 Å². The van der Waals surface area contributed by atoms with Crippen molar-refractivity contribution >= 4 is 5.91 Å². The highest BCUT2D eigenvalue weighted by molar-refractivity contribution is 5.95. The van der Waals surface area contributed by atoms with Crippen LogP contribution in [-0.2, 0) is 4.79 Å². The summed E-state index contributed by atoms with van der Waals surface area (Å²) in [7, 11) is 0. The van der Waals surface area contributed by atoms with Gasteiger partial charge in [-0.2, -0.15) is 0 Å². The van der Waals surface area contributed by atoms with E-state index in [-0.39, 0.29) is 11.9 Å². The molecule has 0 unspecified atom stereocenters. The molecular weight excluding hydrogens is 126 g/mol. The quantitative estimate of drug-likeness (QED) is 0.462. The SMILES string of the molecule is C=CC(=C)C(=O)NC(C)C. The summed E-state index contributed by atoms with van der Waals surface area (Å²) in [6.45, 7) is 10.7. The molecule has 56 valence electrons. The first-order valence-electron chi connectivity index (χ1n) is 3.20. The Balaban J connectivity index is 3.85. The third kappa shape index (κ3) is 3.07. The summed E-state index contributed by atoms with van der Waals surface area (Å²) in [5.41, 5.74) is 0.411. The zero-order valence-corrected chi connectivity index (χ0v) is 6.48. The minimum absolute atomic E-state index is 0.148. The normalized spacial score (nSPS) is 9.10. The molecule has 2 heteroatoms. The van der Waals surface area contributed by atoms with E-state index in [1.54, 1.807) is 0 Å². The molecule has 0 aromatic heterocycles. The number of hydrogen-bond acceptors (Lipinski definition) is 1. The molecule has 0 aliphatic carbocycles. The van der Waals surface area contributed by atoms with Crippen molar-refractivity contribution in [3.8, 4) is 0 Å². The van der Waals surface area contributed by atoms with Crippen molar-refractivity contribution in [2.24, 2.45) is 0 Å². The van der Waals surface area contributed by atoms with Crippen LogP contribution in [0, 0.1) is 0 Å². The predicted octanol–water partition coefficient (Wildman–Crippen LogP) is 1.25. The lowest BCUT2D eigenvalue weighted by molar-refractivity contribution is -0.117. The smallest absolute Gasteiger partial charge is 0.250 e. The first-order chi connectivity index (χ1) is 4.57. The van der Waals surface area contributed by atoms with Gasteiger partial charge < -0.3 is 5.32 Å². The fourth-order valence-corrected chi connectivity index (χ4v) is 0.448. The van der Waals surface area contributed by atoms with E-state index < -0.39 is 0 Å². The average molecular weight is 139 g/mol. The van der Waals surface area contributed by atoms with Gasteiger partial charge in [-0.05, 0) is 13.8 Å². The molecule has 10 heavy (non-hydrogen) atoms. The highest BCUT2D eigenvalue weighted by Gasteiger charge is 2.02. The van der Waals surface area contributed by atoms with Crippen molar-refractivity contribution in [2.45, 2.75) is 19.9 Å². The average Bonchev–Trinajstić information content (AvgIpc) is 1.85. The van der Waals surface area contributed by atoms with Crippen LogP contribution in [0.2, 0.25) is 0 Å². The molecule has 0 spiro atoms. The maximum absolute atomic E-state index is 10.9. The van der Waals surface area contributed by atoms with Crippen molar-refractivity contribution in [3.05, 3.63) is 24.8 Å². The van der Waals surface area contributed by atoms with Gasteiger partial charge in [0, 0.05) is 11.6 Å². The molecule has 1 amide bonds. The Bertz CT molecular complexity index is 159. The lowest BCUT2D eigenvalue weighted by Crippen LogP contribution is -2.30. The van der Waals surface area contributed by atoms with E-state index in [0.29, 0.717) is 5.57 Å². The Kier molecular flexibility index (Phi) is 3.47. The third-order valence-electron chi connectivity index (χ3n) is 0.958. The molecule has 1 N–H and O–H groups in total. The number of carbonyl (C=O) groups excluding carboxylic acids is 1. The molecule has 0 atom stereocenters. The maximum Gasteiger partial charge on any atom is 0.250 e. The van der Waals surface area contributed by atoms with E-state index in [1.165, 1.54) is 6.08 Å². The summed E-state index contributed by atoms with van der Waals surface area (Å²) in [6.07, 6.45) is 1.44. The van der Waals surface area contributed by atoms with Crippen molar-refractivity contribution in [3.63, 3.8) is 0 Å².